The van der Waals surface area contributed by atoms with Gasteiger partial charge in [-0.3, -0.25) is 9.69 Å². The molecule has 120 valence electrons. The van der Waals surface area contributed by atoms with Gasteiger partial charge in [0.2, 0.25) is 0 Å². The van der Waals surface area contributed by atoms with Gasteiger partial charge < -0.3 is 4.74 Å². The Bertz CT molecular complexity index is 627. The lowest BCUT2D eigenvalue weighted by Gasteiger charge is -2.27. The number of hydrogen-bond acceptors (Lipinski definition) is 3. The SMILES string of the molecule is COC(=O)CC(c1ccccc1)N1CCC(c2ccccc2)C1. The summed E-state index contributed by atoms with van der Waals surface area (Å²) >= 11 is 0. The summed E-state index contributed by atoms with van der Waals surface area (Å²) in [5, 5.41) is 0. The molecule has 1 heterocycles. The molecule has 2 atom stereocenters. The Morgan fingerprint density at radius 1 is 1.13 bits per heavy atom. The monoisotopic (exact) mass is 309 g/mol. The van der Waals surface area contributed by atoms with Crippen LogP contribution < -0.4 is 0 Å². The number of hydrogen-bond donors (Lipinski definition) is 0. The predicted molar refractivity (Wildman–Crippen MR) is 91.2 cm³/mol. The number of likely N-dealkylation sites (tertiary alicyclic amines) is 1. The highest BCUT2D eigenvalue weighted by Crippen LogP contribution is 2.34. The molecule has 2 aromatic carbocycles. The van der Waals surface area contributed by atoms with E-state index >= 15 is 0 Å². The van der Waals surface area contributed by atoms with E-state index in [0.717, 1.165) is 19.5 Å². The Labute approximate surface area is 137 Å². The molecule has 23 heavy (non-hydrogen) atoms. The molecule has 0 bridgehead atoms. The molecular weight excluding hydrogens is 286 g/mol. The van der Waals surface area contributed by atoms with E-state index in [0.29, 0.717) is 12.3 Å². The first-order valence-electron chi connectivity index (χ1n) is 8.18. The minimum Gasteiger partial charge on any atom is -0.469 e. The smallest absolute Gasteiger partial charge is 0.307 e. The van der Waals surface area contributed by atoms with Gasteiger partial charge in [-0.25, -0.2) is 0 Å². The molecule has 0 aliphatic carbocycles. The molecular formula is C20H23NO2. The zero-order valence-corrected chi connectivity index (χ0v) is 13.5. The van der Waals surface area contributed by atoms with Crippen molar-refractivity contribution in [3.05, 3.63) is 71.8 Å². The van der Waals surface area contributed by atoms with Crippen LogP contribution in [-0.4, -0.2) is 31.1 Å². The van der Waals surface area contributed by atoms with Gasteiger partial charge in [0.1, 0.15) is 0 Å². The molecule has 0 aromatic heterocycles. The average Bonchev–Trinajstić information content (AvgIpc) is 3.10. The van der Waals surface area contributed by atoms with Gasteiger partial charge in [-0.1, -0.05) is 60.7 Å². The van der Waals surface area contributed by atoms with Crippen LogP contribution in [0.15, 0.2) is 60.7 Å². The molecule has 0 amide bonds. The fraction of sp³-hybridized carbons (Fsp3) is 0.350. The van der Waals surface area contributed by atoms with Gasteiger partial charge in [-0.2, -0.15) is 0 Å². The van der Waals surface area contributed by atoms with E-state index in [1.807, 2.05) is 18.2 Å². The van der Waals surface area contributed by atoms with E-state index in [9.17, 15) is 4.79 Å². The molecule has 3 heteroatoms. The zero-order valence-electron chi connectivity index (χ0n) is 13.5. The van der Waals surface area contributed by atoms with Gasteiger partial charge in [0.05, 0.1) is 13.5 Å². The van der Waals surface area contributed by atoms with Crippen molar-refractivity contribution in [1.82, 2.24) is 4.90 Å². The van der Waals surface area contributed by atoms with Gasteiger partial charge in [-0.05, 0) is 30.0 Å². The standard InChI is InChI=1S/C20H23NO2/c1-23-20(22)14-19(17-10-6-3-7-11-17)21-13-12-18(15-21)16-8-4-2-5-9-16/h2-11,18-19H,12-15H2,1H3. The lowest BCUT2D eigenvalue weighted by Crippen LogP contribution is -2.28. The third kappa shape index (κ3) is 3.80. The quantitative estimate of drug-likeness (QED) is 0.787. The van der Waals surface area contributed by atoms with Gasteiger partial charge in [-0.15, -0.1) is 0 Å². The maximum Gasteiger partial charge on any atom is 0.307 e. The van der Waals surface area contributed by atoms with Crippen LogP contribution in [0.25, 0.3) is 0 Å². The van der Waals surface area contributed by atoms with Crippen molar-refractivity contribution in [3.8, 4) is 0 Å². The predicted octanol–water partition coefficient (Wildman–Crippen LogP) is 3.78. The first-order valence-corrected chi connectivity index (χ1v) is 8.18. The number of ether oxygens (including phenoxy) is 1. The van der Waals surface area contributed by atoms with Crippen molar-refractivity contribution in [2.45, 2.75) is 24.8 Å². The first-order chi connectivity index (χ1) is 11.3. The van der Waals surface area contributed by atoms with Gasteiger partial charge in [0.15, 0.2) is 0 Å². The lowest BCUT2D eigenvalue weighted by atomic mass is 9.98. The first kappa shape index (κ1) is 15.8. The molecule has 0 spiro atoms. The minimum absolute atomic E-state index is 0.0948. The summed E-state index contributed by atoms with van der Waals surface area (Å²) in [6.07, 6.45) is 1.54. The van der Waals surface area contributed by atoms with Crippen LogP contribution in [0.1, 0.15) is 35.9 Å². The van der Waals surface area contributed by atoms with Crippen molar-refractivity contribution in [2.75, 3.05) is 20.2 Å². The summed E-state index contributed by atoms with van der Waals surface area (Å²) in [5.41, 5.74) is 2.58. The van der Waals surface area contributed by atoms with Crippen molar-refractivity contribution >= 4 is 5.97 Å². The van der Waals surface area contributed by atoms with Gasteiger partial charge in [0, 0.05) is 12.6 Å². The Hall–Kier alpha value is -2.13. The summed E-state index contributed by atoms with van der Waals surface area (Å²) in [6, 6.07) is 21.0. The normalized spacial score (nSPS) is 19.4. The van der Waals surface area contributed by atoms with E-state index in [1.165, 1.54) is 18.2 Å². The molecule has 3 nitrogen and oxygen atoms in total. The molecule has 0 radical (unpaired) electrons. The summed E-state index contributed by atoms with van der Waals surface area (Å²) in [4.78, 5) is 14.3. The fourth-order valence-electron chi connectivity index (χ4n) is 3.44. The number of carbonyl (C=O) groups is 1. The molecule has 2 unspecified atom stereocenters. The van der Waals surface area contributed by atoms with Crippen molar-refractivity contribution < 1.29 is 9.53 Å². The Morgan fingerprint density at radius 3 is 2.43 bits per heavy atom. The summed E-state index contributed by atoms with van der Waals surface area (Å²) in [6.45, 7) is 2.00. The van der Waals surface area contributed by atoms with E-state index in [-0.39, 0.29) is 12.0 Å². The number of rotatable bonds is 5. The maximum absolute atomic E-state index is 11.9. The van der Waals surface area contributed by atoms with E-state index in [4.69, 9.17) is 4.74 Å². The largest absolute Gasteiger partial charge is 0.469 e. The average molecular weight is 309 g/mol. The molecule has 1 aliphatic heterocycles. The topological polar surface area (TPSA) is 29.5 Å². The van der Waals surface area contributed by atoms with Crippen LogP contribution in [0, 0.1) is 0 Å². The molecule has 1 fully saturated rings. The Balaban J connectivity index is 1.77. The van der Waals surface area contributed by atoms with E-state index in [1.54, 1.807) is 0 Å². The highest BCUT2D eigenvalue weighted by atomic mass is 16.5. The number of methoxy groups -OCH3 is 1. The molecule has 0 N–H and O–H groups in total. The van der Waals surface area contributed by atoms with Crippen LogP contribution in [-0.2, 0) is 9.53 Å². The summed E-state index contributed by atoms with van der Waals surface area (Å²) in [5.74, 6) is 0.391. The van der Waals surface area contributed by atoms with Crippen LogP contribution >= 0.6 is 0 Å². The van der Waals surface area contributed by atoms with Crippen molar-refractivity contribution in [2.24, 2.45) is 0 Å². The fourth-order valence-corrected chi connectivity index (χ4v) is 3.44. The molecule has 3 rings (SSSR count). The molecule has 0 saturated carbocycles. The number of carbonyl (C=O) groups excluding carboxylic acids is 1. The van der Waals surface area contributed by atoms with E-state index in [2.05, 4.69) is 47.4 Å². The Morgan fingerprint density at radius 2 is 1.78 bits per heavy atom. The highest BCUT2D eigenvalue weighted by molar-refractivity contribution is 5.70. The second-order valence-electron chi connectivity index (χ2n) is 6.10. The van der Waals surface area contributed by atoms with Crippen LogP contribution in [0.5, 0.6) is 0 Å². The second-order valence-corrected chi connectivity index (χ2v) is 6.10. The van der Waals surface area contributed by atoms with Crippen LogP contribution in [0.4, 0.5) is 0 Å². The molecule has 2 aromatic rings. The molecule has 1 aliphatic rings. The maximum atomic E-state index is 11.9. The highest BCUT2D eigenvalue weighted by Gasteiger charge is 2.31. The van der Waals surface area contributed by atoms with E-state index < -0.39 is 0 Å². The van der Waals surface area contributed by atoms with Crippen molar-refractivity contribution in [3.63, 3.8) is 0 Å². The van der Waals surface area contributed by atoms with Gasteiger partial charge >= 0.3 is 5.97 Å². The van der Waals surface area contributed by atoms with Crippen molar-refractivity contribution in [1.29, 1.82) is 0 Å². The number of esters is 1. The van der Waals surface area contributed by atoms with Gasteiger partial charge in [0.25, 0.3) is 0 Å². The zero-order chi connectivity index (χ0) is 16.1. The summed E-state index contributed by atoms with van der Waals surface area (Å²) < 4.78 is 4.91. The van der Waals surface area contributed by atoms with Crippen LogP contribution in [0.3, 0.4) is 0 Å². The third-order valence-electron chi connectivity index (χ3n) is 4.70. The lowest BCUT2D eigenvalue weighted by molar-refractivity contribution is -0.142. The summed E-state index contributed by atoms with van der Waals surface area (Å²) in [7, 11) is 1.46. The number of benzene rings is 2. The molecule has 1 saturated heterocycles. The van der Waals surface area contributed by atoms with Crippen LogP contribution in [0.2, 0.25) is 0 Å². The second kappa shape index (κ2) is 7.42. The third-order valence-corrected chi connectivity index (χ3v) is 4.70. The minimum atomic E-state index is -0.151. The number of nitrogens with zero attached hydrogens (tertiary/aromatic N) is 1. The Kier molecular flexibility index (Phi) is 5.09.